The van der Waals surface area contributed by atoms with E-state index in [1.165, 1.54) is 5.56 Å². The van der Waals surface area contributed by atoms with Gasteiger partial charge in [0.05, 0.1) is 0 Å². The Kier molecular flexibility index (Phi) is 9.23. The van der Waals surface area contributed by atoms with E-state index in [9.17, 15) is 4.79 Å². The van der Waals surface area contributed by atoms with E-state index in [1.807, 2.05) is 35.2 Å². The first-order valence-corrected chi connectivity index (χ1v) is 11.3. The average molecular weight is 423 g/mol. The molecule has 0 unspecified atom stereocenters. The maximum atomic E-state index is 11.7. The molecule has 3 rings (SSSR count). The molecule has 0 bridgehead atoms. The molecule has 2 N–H and O–H groups in total. The summed E-state index contributed by atoms with van der Waals surface area (Å²) in [5, 5.41) is 6.68. The van der Waals surface area contributed by atoms with Crippen molar-refractivity contribution in [3.63, 3.8) is 0 Å². The van der Waals surface area contributed by atoms with Gasteiger partial charge in [-0.05, 0) is 49.4 Å². The van der Waals surface area contributed by atoms with Crippen molar-refractivity contribution in [2.75, 3.05) is 32.7 Å². The second-order valence-corrected chi connectivity index (χ2v) is 7.69. The number of guanidine groups is 1. The fourth-order valence-corrected chi connectivity index (χ4v) is 3.55. The van der Waals surface area contributed by atoms with Crippen LogP contribution in [0.25, 0.3) is 0 Å². The first kappa shape index (κ1) is 22.7. The number of aliphatic imine (C=N–C) groups is 1. The number of hydrogen-bond donors (Lipinski definition) is 2. The second kappa shape index (κ2) is 12.6. The Morgan fingerprint density at radius 2 is 1.87 bits per heavy atom. The largest absolute Gasteiger partial charge is 0.489 e. The topological polar surface area (TPSA) is 66.0 Å². The van der Waals surface area contributed by atoms with Gasteiger partial charge in [-0.3, -0.25) is 9.79 Å². The van der Waals surface area contributed by atoms with E-state index in [0.29, 0.717) is 19.6 Å². The summed E-state index contributed by atoms with van der Waals surface area (Å²) in [6.45, 7) is 6.69. The fourth-order valence-electron chi connectivity index (χ4n) is 3.55. The van der Waals surface area contributed by atoms with Crippen molar-refractivity contribution in [1.82, 2.24) is 15.5 Å². The summed E-state index contributed by atoms with van der Waals surface area (Å²) in [5.41, 5.74) is 2.42. The van der Waals surface area contributed by atoms with Crippen LogP contribution < -0.4 is 15.4 Å². The molecule has 166 valence electrons. The molecule has 0 spiro atoms. The molecule has 0 aliphatic carbocycles. The Hall–Kier alpha value is -3.02. The van der Waals surface area contributed by atoms with Crippen LogP contribution >= 0.6 is 0 Å². The van der Waals surface area contributed by atoms with E-state index in [1.54, 1.807) is 0 Å². The zero-order chi connectivity index (χ0) is 21.7. The highest BCUT2D eigenvalue weighted by molar-refractivity contribution is 5.79. The van der Waals surface area contributed by atoms with Crippen LogP contribution in [0.15, 0.2) is 59.6 Å². The fraction of sp³-hybridized carbons (Fsp3) is 0.440. The van der Waals surface area contributed by atoms with E-state index in [0.717, 1.165) is 62.7 Å². The van der Waals surface area contributed by atoms with Crippen molar-refractivity contribution < 1.29 is 9.53 Å². The van der Waals surface area contributed by atoms with Gasteiger partial charge in [-0.2, -0.15) is 0 Å². The molecule has 31 heavy (non-hydrogen) atoms. The number of carbonyl (C=O) groups is 1. The SMILES string of the molecule is CCNC(=NCCCN1CCCC1=O)NCCc1ccc(OCc2ccccc2)cc1. The number of ether oxygens (including phenoxy) is 1. The molecular formula is C25H34N4O2. The summed E-state index contributed by atoms with van der Waals surface area (Å²) in [4.78, 5) is 18.2. The Morgan fingerprint density at radius 3 is 2.58 bits per heavy atom. The highest BCUT2D eigenvalue weighted by Crippen LogP contribution is 2.14. The van der Waals surface area contributed by atoms with Gasteiger partial charge in [-0.25, -0.2) is 0 Å². The number of amides is 1. The molecule has 0 atom stereocenters. The molecule has 2 aromatic carbocycles. The number of rotatable bonds is 11. The van der Waals surface area contributed by atoms with Gasteiger partial charge in [0.25, 0.3) is 0 Å². The molecule has 0 radical (unpaired) electrons. The third-order valence-corrected chi connectivity index (χ3v) is 5.25. The number of benzene rings is 2. The number of nitrogens with zero attached hydrogens (tertiary/aromatic N) is 2. The summed E-state index contributed by atoms with van der Waals surface area (Å²) < 4.78 is 5.85. The van der Waals surface area contributed by atoms with Crippen molar-refractivity contribution >= 4 is 11.9 Å². The summed E-state index contributed by atoms with van der Waals surface area (Å²) in [5.74, 6) is 2.00. The van der Waals surface area contributed by atoms with Crippen LogP contribution in [0.3, 0.4) is 0 Å². The van der Waals surface area contributed by atoms with Crippen LogP contribution in [0.1, 0.15) is 37.3 Å². The maximum absolute atomic E-state index is 11.7. The van der Waals surface area contributed by atoms with Gasteiger partial charge in [0.1, 0.15) is 12.4 Å². The zero-order valence-corrected chi connectivity index (χ0v) is 18.5. The van der Waals surface area contributed by atoms with E-state index in [4.69, 9.17) is 4.74 Å². The van der Waals surface area contributed by atoms with Crippen molar-refractivity contribution in [1.29, 1.82) is 0 Å². The molecule has 1 saturated heterocycles. The van der Waals surface area contributed by atoms with E-state index >= 15 is 0 Å². The third kappa shape index (κ3) is 7.96. The van der Waals surface area contributed by atoms with Crippen LogP contribution in [-0.4, -0.2) is 49.5 Å². The predicted molar refractivity (Wildman–Crippen MR) is 125 cm³/mol. The molecular weight excluding hydrogens is 388 g/mol. The Morgan fingerprint density at radius 1 is 1.06 bits per heavy atom. The van der Waals surface area contributed by atoms with Gasteiger partial charge in [0.15, 0.2) is 5.96 Å². The molecule has 0 aromatic heterocycles. The smallest absolute Gasteiger partial charge is 0.222 e. The Labute approximate surface area is 185 Å². The molecule has 6 heteroatoms. The molecule has 1 aliphatic rings. The Balaban J connectivity index is 1.36. The quantitative estimate of drug-likeness (QED) is 0.331. The lowest BCUT2D eigenvalue weighted by Crippen LogP contribution is -2.38. The lowest BCUT2D eigenvalue weighted by molar-refractivity contribution is -0.127. The Bertz CT molecular complexity index is 821. The maximum Gasteiger partial charge on any atom is 0.222 e. The molecule has 6 nitrogen and oxygen atoms in total. The minimum atomic E-state index is 0.283. The molecule has 1 aliphatic heterocycles. The van der Waals surface area contributed by atoms with Crippen molar-refractivity contribution in [3.05, 3.63) is 65.7 Å². The minimum absolute atomic E-state index is 0.283. The first-order chi connectivity index (χ1) is 15.2. The van der Waals surface area contributed by atoms with Gasteiger partial charge in [0, 0.05) is 39.1 Å². The van der Waals surface area contributed by atoms with Crippen LogP contribution in [0.2, 0.25) is 0 Å². The highest BCUT2D eigenvalue weighted by atomic mass is 16.5. The van der Waals surface area contributed by atoms with Crippen molar-refractivity contribution in [3.8, 4) is 5.75 Å². The number of carbonyl (C=O) groups excluding carboxylic acids is 1. The highest BCUT2D eigenvalue weighted by Gasteiger charge is 2.18. The summed E-state index contributed by atoms with van der Waals surface area (Å²) in [6, 6.07) is 18.5. The van der Waals surface area contributed by atoms with Crippen molar-refractivity contribution in [2.45, 2.75) is 39.2 Å². The first-order valence-electron chi connectivity index (χ1n) is 11.3. The third-order valence-electron chi connectivity index (χ3n) is 5.25. The van der Waals surface area contributed by atoms with E-state index < -0.39 is 0 Å². The van der Waals surface area contributed by atoms with Gasteiger partial charge >= 0.3 is 0 Å². The number of hydrogen-bond acceptors (Lipinski definition) is 3. The number of likely N-dealkylation sites (tertiary alicyclic amines) is 1. The van der Waals surface area contributed by atoms with Crippen LogP contribution in [0.4, 0.5) is 0 Å². The molecule has 1 heterocycles. The van der Waals surface area contributed by atoms with Gasteiger partial charge in [-0.15, -0.1) is 0 Å². The van der Waals surface area contributed by atoms with Gasteiger partial charge < -0.3 is 20.3 Å². The van der Waals surface area contributed by atoms with Crippen molar-refractivity contribution in [2.24, 2.45) is 4.99 Å². The van der Waals surface area contributed by atoms with Crippen LogP contribution in [-0.2, 0) is 17.8 Å². The second-order valence-electron chi connectivity index (χ2n) is 7.69. The molecule has 1 amide bonds. The molecule has 0 saturated carbocycles. The summed E-state index contributed by atoms with van der Waals surface area (Å²) in [7, 11) is 0. The average Bonchev–Trinajstić information content (AvgIpc) is 3.21. The minimum Gasteiger partial charge on any atom is -0.489 e. The predicted octanol–water partition coefficient (Wildman–Crippen LogP) is 3.38. The lowest BCUT2D eigenvalue weighted by atomic mass is 10.1. The standard InChI is InChI=1S/C25H34N4O2/c1-2-26-25(27-16-7-19-29-18-6-10-24(29)30)28-17-15-21-11-13-23(14-12-21)31-20-22-8-4-3-5-9-22/h3-5,8-9,11-14H,2,6-7,10,15-20H2,1H3,(H2,26,27,28). The van der Waals surface area contributed by atoms with E-state index in [-0.39, 0.29) is 5.91 Å². The number of nitrogens with one attached hydrogen (secondary N) is 2. The monoisotopic (exact) mass is 422 g/mol. The van der Waals surface area contributed by atoms with E-state index in [2.05, 4.69) is 46.8 Å². The van der Waals surface area contributed by atoms with Crippen LogP contribution in [0, 0.1) is 0 Å². The molecule has 2 aromatic rings. The van der Waals surface area contributed by atoms with Gasteiger partial charge in [0.2, 0.25) is 5.91 Å². The van der Waals surface area contributed by atoms with Gasteiger partial charge in [-0.1, -0.05) is 42.5 Å². The van der Waals surface area contributed by atoms with Crippen LogP contribution in [0.5, 0.6) is 5.75 Å². The lowest BCUT2D eigenvalue weighted by Gasteiger charge is -2.15. The summed E-state index contributed by atoms with van der Waals surface area (Å²) >= 11 is 0. The normalized spacial score (nSPS) is 14.0. The zero-order valence-electron chi connectivity index (χ0n) is 18.5. The summed E-state index contributed by atoms with van der Waals surface area (Å²) in [6.07, 6.45) is 3.50. The molecule has 1 fully saturated rings.